The molecule has 0 N–H and O–H groups in total. The van der Waals surface area contributed by atoms with E-state index in [1.54, 1.807) is 18.2 Å². The van der Waals surface area contributed by atoms with Crippen molar-refractivity contribution in [2.75, 3.05) is 0 Å². The van der Waals surface area contributed by atoms with E-state index in [1.165, 1.54) is 24.3 Å². The molecule has 143 valence electrons. The monoisotopic (exact) mass is 553 g/mol. The smallest absolute Gasteiger partial charge is 0.159 e. The second kappa shape index (κ2) is 8.13. The zero-order valence-corrected chi connectivity index (χ0v) is 17.6. The van der Waals surface area contributed by atoms with Crippen molar-refractivity contribution in [3.8, 4) is 28.5 Å². The second-order valence-corrected chi connectivity index (χ2v) is 6.46. The number of aromatic nitrogens is 3. The van der Waals surface area contributed by atoms with Crippen LogP contribution in [-0.2, 0) is 20.1 Å². The van der Waals surface area contributed by atoms with Gasteiger partial charge in [0.05, 0.1) is 5.82 Å². The summed E-state index contributed by atoms with van der Waals surface area (Å²) in [5, 5.41) is 8.64. The first kappa shape index (κ1) is 20.1. The van der Waals surface area contributed by atoms with Crippen LogP contribution in [-0.4, -0.2) is 14.8 Å². The Kier molecular flexibility index (Phi) is 5.82. The van der Waals surface area contributed by atoms with Gasteiger partial charge in [0.1, 0.15) is 5.82 Å². The van der Waals surface area contributed by atoms with Crippen molar-refractivity contribution in [1.82, 2.24) is 14.8 Å². The minimum Gasteiger partial charge on any atom is -0.316 e. The minimum atomic E-state index is -0.366. The summed E-state index contributed by atoms with van der Waals surface area (Å²) < 4.78 is 28.6. The Bertz CT molecular complexity index is 1020. The number of benzene rings is 3. The van der Waals surface area contributed by atoms with E-state index in [1.807, 2.05) is 30.5 Å². The van der Waals surface area contributed by atoms with Crippen LogP contribution in [0.3, 0.4) is 0 Å². The molecule has 0 atom stereocenters. The van der Waals surface area contributed by atoms with Crippen LogP contribution in [0.4, 0.5) is 8.78 Å². The molecule has 0 bridgehead atoms. The molecule has 0 aliphatic heterocycles. The van der Waals surface area contributed by atoms with Gasteiger partial charge in [-0.25, -0.2) is 4.39 Å². The molecule has 3 nitrogen and oxygen atoms in total. The first-order valence-electron chi connectivity index (χ1n) is 8.49. The predicted molar refractivity (Wildman–Crippen MR) is 100 cm³/mol. The van der Waals surface area contributed by atoms with Crippen molar-refractivity contribution in [2.24, 2.45) is 0 Å². The average molecular weight is 553 g/mol. The summed E-state index contributed by atoms with van der Waals surface area (Å²) >= 11 is 0. The molecular formula is C22H16F2IrN3-. The van der Waals surface area contributed by atoms with Crippen LogP contribution in [0.25, 0.3) is 28.5 Å². The van der Waals surface area contributed by atoms with Crippen molar-refractivity contribution in [3.05, 3.63) is 89.5 Å². The van der Waals surface area contributed by atoms with Crippen LogP contribution in [0.2, 0.25) is 0 Å². The Morgan fingerprint density at radius 1 is 0.786 bits per heavy atom. The maximum absolute atomic E-state index is 13.4. The van der Waals surface area contributed by atoms with Crippen LogP contribution < -0.4 is 0 Å². The van der Waals surface area contributed by atoms with E-state index < -0.39 is 0 Å². The summed E-state index contributed by atoms with van der Waals surface area (Å²) in [6.45, 7) is 4.03. The normalized spacial score (nSPS) is 10.6. The van der Waals surface area contributed by atoms with Gasteiger partial charge in [0.2, 0.25) is 0 Å². The molecule has 0 aliphatic carbocycles. The van der Waals surface area contributed by atoms with Crippen LogP contribution in [0.1, 0.15) is 11.1 Å². The van der Waals surface area contributed by atoms with Crippen LogP contribution in [0, 0.1) is 31.5 Å². The molecule has 0 unspecified atom stereocenters. The zero-order chi connectivity index (χ0) is 19.0. The van der Waals surface area contributed by atoms with E-state index in [9.17, 15) is 8.78 Å². The SMILES string of the molecule is Cc1cc(C)cc(-n2c(-c3[c-]cc(F)cc3)nnc2-c2ccc(F)cc2)c1.[Ir]. The first-order chi connectivity index (χ1) is 13.0. The molecule has 0 saturated carbocycles. The minimum absolute atomic E-state index is 0. The fraction of sp³-hybridized carbons (Fsp3) is 0.0909. The Morgan fingerprint density at radius 3 is 2.00 bits per heavy atom. The third-order valence-electron chi connectivity index (χ3n) is 4.25. The molecule has 1 heterocycles. The predicted octanol–water partition coefficient (Wildman–Crippen LogP) is 5.29. The number of halogens is 2. The van der Waals surface area contributed by atoms with Gasteiger partial charge in [-0.05, 0) is 61.4 Å². The Labute approximate surface area is 175 Å². The van der Waals surface area contributed by atoms with Gasteiger partial charge in [0.25, 0.3) is 0 Å². The molecule has 28 heavy (non-hydrogen) atoms. The Hall–Kier alpha value is -2.69. The average Bonchev–Trinajstić information content (AvgIpc) is 3.07. The molecule has 0 aliphatic rings. The summed E-state index contributed by atoms with van der Waals surface area (Å²) in [6.07, 6.45) is 0. The Morgan fingerprint density at radius 2 is 1.39 bits per heavy atom. The van der Waals surface area contributed by atoms with E-state index in [0.717, 1.165) is 22.4 Å². The molecule has 1 radical (unpaired) electrons. The summed E-state index contributed by atoms with van der Waals surface area (Å²) in [4.78, 5) is 0. The third kappa shape index (κ3) is 3.93. The fourth-order valence-electron chi connectivity index (χ4n) is 3.11. The van der Waals surface area contributed by atoms with Crippen molar-refractivity contribution in [1.29, 1.82) is 0 Å². The largest absolute Gasteiger partial charge is 0.316 e. The third-order valence-corrected chi connectivity index (χ3v) is 4.25. The van der Waals surface area contributed by atoms with Crippen molar-refractivity contribution in [3.63, 3.8) is 0 Å². The van der Waals surface area contributed by atoms with Crippen molar-refractivity contribution in [2.45, 2.75) is 13.8 Å². The molecule has 4 aromatic rings. The zero-order valence-electron chi connectivity index (χ0n) is 15.2. The number of hydrogen-bond acceptors (Lipinski definition) is 2. The molecule has 1 aromatic heterocycles. The van der Waals surface area contributed by atoms with Crippen molar-refractivity contribution < 1.29 is 28.9 Å². The fourth-order valence-corrected chi connectivity index (χ4v) is 3.11. The molecule has 4 rings (SSSR count). The van der Waals surface area contributed by atoms with E-state index >= 15 is 0 Å². The topological polar surface area (TPSA) is 30.7 Å². The quantitative estimate of drug-likeness (QED) is 0.324. The molecule has 0 spiro atoms. The molecule has 0 amide bonds. The van der Waals surface area contributed by atoms with Crippen LogP contribution >= 0.6 is 0 Å². The van der Waals surface area contributed by atoms with Crippen LogP contribution in [0.5, 0.6) is 0 Å². The Balaban J connectivity index is 0.00000225. The van der Waals surface area contributed by atoms with E-state index in [-0.39, 0.29) is 31.7 Å². The molecular weight excluding hydrogens is 536 g/mol. The molecule has 0 fully saturated rings. The maximum Gasteiger partial charge on any atom is 0.159 e. The number of hydrogen-bond donors (Lipinski definition) is 0. The van der Waals surface area contributed by atoms with Gasteiger partial charge in [0, 0.05) is 37.2 Å². The number of nitrogens with zero attached hydrogens (tertiary/aromatic N) is 3. The summed E-state index contributed by atoms with van der Waals surface area (Å²) in [5.74, 6) is 0.435. The van der Waals surface area contributed by atoms with Crippen LogP contribution in [0.15, 0.2) is 60.7 Å². The first-order valence-corrected chi connectivity index (χ1v) is 8.49. The number of aryl methyl sites for hydroxylation is 2. The molecule has 3 aromatic carbocycles. The van der Waals surface area contributed by atoms with Gasteiger partial charge >= 0.3 is 0 Å². The van der Waals surface area contributed by atoms with Gasteiger partial charge in [-0.2, -0.15) is 5.10 Å². The standard InChI is InChI=1S/C22H16F2N3.Ir/c1-14-11-15(2)13-20(12-14)27-21(16-3-7-18(23)8-4-16)25-26-22(27)17-5-9-19(24)10-6-17;/h3-5,7-13H,1-2H3;/q-1;. The maximum atomic E-state index is 13.4. The van der Waals surface area contributed by atoms with Gasteiger partial charge < -0.3 is 4.57 Å². The summed E-state index contributed by atoms with van der Waals surface area (Å²) in [5.41, 5.74) is 4.42. The van der Waals surface area contributed by atoms with Gasteiger partial charge in [-0.15, -0.1) is 34.9 Å². The second-order valence-electron chi connectivity index (χ2n) is 6.46. The van der Waals surface area contributed by atoms with E-state index in [4.69, 9.17) is 0 Å². The molecule has 0 saturated heterocycles. The van der Waals surface area contributed by atoms with E-state index in [0.29, 0.717) is 17.2 Å². The van der Waals surface area contributed by atoms with Gasteiger partial charge in [-0.1, -0.05) is 6.07 Å². The van der Waals surface area contributed by atoms with E-state index in [2.05, 4.69) is 22.3 Å². The number of rotatable bonds is 3. The summed E-state index contributed by atoms with van der Waals surface area (Å²) in [7, 11) is 0. The van der Waals surface area contributed by atoms with Crippen molar-refractivity contribution >= 4 is 0 Å². The van der Waals surface area contributed by atoms with Gasteiger partial charge in [0.15, 0.2) is 5.82 Å². The molecule has 6 heteroatoms. The van der Waals surface area contributed by atoms with Gasteiger partial charge in [-0.3, -0.25) is 4.39 Å². The summed E-state index contributed by atoms with van der Waals surface area (Å²) in [6, 6.07) is 19.4.